The van der Waals surface area contributed by atoms with Crippen molar-refractivity contribution in [2.45, 2.75) is 25.8 Å². The first-order valence-corrected chi connectivity index (χ1v) is 4.62. The molecule has 0 aromatic heterocycles. The lowest BCUT2D eigenvalue weighted by Crippen LogP contribution is -2.64. The molecule has 0 heterocycles. The van der Waals surface area contributed by atoms with Gasteiger partial charge in [-0.05, 0) is 0 Å². The molecular weight excluding hydrogens is 234 g/mol. The molecular formula is C9H13NO7. The molecule has 0 aliphatic carbocycles. The zero-order chi connectivity index (χ0) is 13.8. The van der Waals surface area contributed by atoms with Crippen molar-refractivity contribution >= 4 is 23.8 Å². The topological polar surface area (TPSA) is 141 Å². The summed E-state index contributed by atoms with van der Waals surface area (Å²) < 4.78 is 0. The summed E-state index contributed by atoms with van der Waals surface area (Å²) in [7, 11) is 0. The number of rotatable bonds is 6. The Kier molecular flexibility index (Phi) is 4.62. The molecule has 0 aromatic carbocycles. The molecule has 1 atom stereocenters. The molecule has 0 spiro atoms. The predicted octanol–water partition coefficient (Wildman–Crippen LogP) is -0.859. The molecule has 0 aliphatic heterocycles. The van der Waals surface area contributed by atoms with E-state index in [4.69, 9.17) is 15.3 Å². The average Bonchev–Trinajstić information content (AvgIpc) is 2.10. The van der Waals surface area contributed by atoms with Crippen LogP contribution in [-0.4, -0.2) is 44.7 Å². The standard InChI is InChI=1S/C9H13NO7/c1-4(3-6(12)13)9(7(14)15,8(16)17)10-5(2)11/h4H,3H2,1-2H3,(H,10,11)(H,12,13)(H,14,15)(H,16,17). The Bertz CT molecular complexity index is 348. The van der Waals surface area contributed by atoms with Gasteiger partial charge in [-0.2, -0.15) is 0 Å². The first-order valence-electron chi connectivity index (χ1n) is 4.62. The molecule has 17 heavy (non-hydrogen) atoms. The SMILES string of the molecule is CC(=O)NC(C(=O)O)(C(=O)O)C(C)CC(=O)O. The quantitative estimate of drug-likeness (QED) is 0.447. The number of carbonyl (C=O) groups excluding carboxylic acids is 1. The second-order valence-corrected chi connectivity index (χ2v) is 3.60. The Morgan fingerprint density at radius 2 is 1.53 bits per heavy atom. The number of amides is 1. The van der Waals surface area contributed by atoms with E-state index in [1.807, 2.05) is 0 Å². The van der Waals surface area contributed by atoms with Crippen molar-refractivity contribution in [1.29, 1.82) is 0 Å². The summed E-state index contributed by atoms with van der Waals surface area (Å²) in [5.74, 6) is -7.15. The van der Waals surface area contributed by atoms with Gasteiger partial charge in [0, 0.05) is 12.8 Å². The van der Waals surface area contributed by atoms with Crippen LogP contribution in [0.3, 0.4) is 0 Å². The lowest BCUT2D eigenvalue weighted by Gasteiger charge is -2.30. The minimum absolute atomic E-state index is 0.696. The molecule has 0 aliphatic rings. The van der Waals surface area contributed by atoms with E-state index in [0.717, 1.165) is 13.8 Å². The normalized spacial score (nSPS) is 12.6. The molecule has 96 valence electrons. The van der Waals surface area contributed by atoms with Crippen LogP contribution in [0.4, 0.5) is 0 Å². The highest BCUT2D eigenvalue weighted by Gasteiger charge is 2.52. The van der Waals surface area contributed by atoms with Crippen molar-refractivity contribution in [2.24, 2.45) is 5.92 Å². The van der Waals surface area contributed by atoms with Crippen molar-refractivity contribution in [3.63, 3.8) is 0 Å². The lowest BCUT2D eigenvalue weighted by molar-refractivity contribution is -0.165. The first kappa shape index (κ1) is 14.9. The van der Waals surface area contributed by atoms with E-state index in [1.54, 1.807) is 5.32 Å². The summed E-state index contributed by atoms with van der Waals surface area (Å²) >= 11 is 0. The second kappa shape index (κ2) is 5.28. The second-order valence-electron chi connectivity index (χ2n) is 3.60. The molecule has 0 fully saturated rings. The summed E-state index contributed by atoms with van der Waals surface area (Å²) in [5.41, 5.74) is -2.63. The Labute approximate surface area is 96.2 Å². The number of nitrogens with one attached hydrogen (secondary N) is 1. The molecule has 8 heteroatoms. The van der Waals surface area contributed by atoms with E-state index in [0.29, 0.717) is 0 Å². The lowest BCUT2D eigenvalue weighted by atomic mass is 9.82. The minimum Gasteiger partial charge on any atom is -0.481 e. The van der Waals surface area contributed by atoms with Gasteiger partial charge in [-0.1, -0.05) is 6.92 Å². The maximum atomic E-state index is 11.0. The molecule has 1 unspecified atom stereocenters. The summed E-state index contributed by atoms with van der Waals surface area (Å²) in [4.78, 5) is 43.4. The fourth-order valence-corrected chi connectivity index (χ4v) is 1.44. The van der Waals surface area contributed by atoms with Gasteiger partial charge in [0.15, 0.2) is 0 Å². The summed E-state index contributed by atoms with van der Waals surface area (Å²) in [6.45, 7) is 2.08. The molecule has 8 nitrogen and oxygen atoms in total. The number of hydrogen-bond acceptors (Lipinski definition) is 4. The number of carboxylic acid groups (broad SMARTS) is 3. The average molecular weight is 247 g/mol. The van der Waals surface area contributed by atoms with Crippen LogP contribution in [0.1, 0.15) is 20.3 Å². The van der Waals surface area contributed by atoms with E-state index in [2.05, 4.69) is 0 Å². The van der Waals surface area contributed by atoms with Gasteiger partial charge in [-0.3, -0.25) is 9.59 Å². The summed E-state index contributed by atoms with van der Waals surface area (Å²) in [5, 5.41) is 28.2. The van der Waals surface area contributed by atoms with Gasteiger partial charge >= 0.3 is 17.9 Å². The zero-order valence-corrected chi connectivity index (χ0v) is 9.26. The van der Waals surface area contributed by atoms with Crippen molar-refractivity contribution < 1.29 is 34.5 Å². The number of carbonyl (C=O) groups is 4. The summed E-state index contributed by atoms with van der Waals surface area (Å²) in [6.07, 6.45) is -0.696. The van der Waals surface area contributed by atoms with Crippen molar-refractivity contribution in [1.82, 2.24) is 5.32 Å². The van der Waals surface area contributed by atoms with Crippen molar-refractivity contribution in [3.05, 3.63) is 0 Å². The molecule has 4 N–H and O–H groups in total. The molecule has 0 rings (SSSR count). The molecule has 0 bridgehead atoms. The largest absolute Gasteiger partial charge is 0.481 e. The van der Waals surface area contributed by atoms with E-state index in [9.17, 15) is 19.2 Å². The monoisotopic (exact) mass is 247 g/mol. The van der Waals surface area contributed by atoms with Crippen molar-refractivity contribution in [2.75, 3.05) is 0 Å². The van der Waals surface area contributed by atoms with Crippen LogP contribution in [0.5, 0.6) is 0 Å². The van der Waals surface area contributed by atoms with Crippen LogP contribution in [0.2, 0.25) is 0 Å². The van der Waals surface area contributed by atoms with E-state index < -0.39 is 41.7 Å². The highest BCUT2D eigenvalue weighted by atomic mass is 16.4. The van der Waals surface area contributed by atoms with Crippen LogP contribution >= 0.6 is 0 Å². The van der Waals surface area contributed by atoms with Crippen LogP contribution in [0.25, 0.3) is 0 Å². The molecule has 0 radical (unpaired) electrons. The van der Waals surface area contributed by atoms with Gasteiger partial charge in [0.25, 0.3) is 0 Å². The van der Waals surface area contributed by atoms with Crippen LogP contribution < -0.4 is 5.32 Å². The minimum atomic E-state index is -2.63. The summed E-state index contributed by atoms with van der Waals surface area (Å²) in [6, 6.07) is 0. The Morgan fingerprint density at radius 3 is 1.76 bits per heavy atom. The van der Waals surface area contributed by atoms with Crippen LogP contribution in [-0.2, 0) is 19.2 Å². The third-order valence-corrected chi connectivity index (χ3v) is 2.27. The van der Waals surface area contributed by atoms with Gasteiger partial charge < -0.3 is 20.6 Å². The molecule has 0 aromatic rings. The van der Waals surface area contributed by atoms with Gasteiger partial charge in [-0.15, -0.1) is 0 Å². The Hall–Kier alpha value is -2.12. The Balaban J connectivity index is 5.46. The van der Waals surface area contributed by atoms with E-state index in [-0.39, 0.29) is 0 Å². The molecule has 0 saturated carbocycles. The van der Waals surface area contributed by atoms with Crippen LogP contribution in [0.15, 0.2) is 0 Å². The fraction of sp³-hybridized carbons (Fsp3) is 0.556. The predicted molar refractivity (Wildman–Crippen MR) is 53.2 cm³/mol. The highest BCUT2D eigenvalue weighted by molar-refractivity contribution is 6.06. The van der Waals surface area contributed by atoms with Gasteiger partial charge in [-0.25, -0.2) is 9.59 Å². The zero-order valence-electron chi connectivity index (χ0n) is 9.26. The van der Waals surface area contributed by atoms with Gasteiger partial charge in [0.1, 0.15) is 0 Å². The van der Waals surface area contributed by atoms with Crippen molar-refractivity contribution in [3.8, 4) is 0 Å². The molecule has 1 amide bonds. The third kappa shape index (κ3) is 3.16. The number of aliphatic carboxylic acids is 3. The number of carboxylic acids is 3. The van der Waals surface area contributed by atoms with Gasteiger partial charge in [0.05, 0.1) is 6.42 Å². The maximum Gasteiger partial charge on any atom is 0.341 e. The smallest absolute Gasteiger partial charge is 0.341 e. The highest BCUT2D eigenvalue weighted by Crippen LogP contribution is 2.22. The first-order chi connectivity index (χ1) is 7.64. The van der Waals surface area contributed by atoms with Gasteiger partial charge in [0.2, 0.25) is 11.4 Å². The van der Waals surface area contributed by atoms with E-state index in [1.165, 1.54) is 0 Å². The number of hydrogen-bond donors (Lipinski definition) is 4. The van der Waals surface area contributed by atoms with E-state index >= 15 is 0 Å². The maximum absolute atomic E-state index is 11.0. The van der Waals surface area contributed by atoms with Crippen LogP contribution in [0, 0.1) is 5.92 Å². The Morgan fingerprint density at radius 1 is 1.12 bits per heavy atom. The molecule has 0 saturated heterocycles. The fourth-order valence-electron chi connectivity index (χ4n) is 1.44. The third-order valence-electron chi connectivity index (χ3n) is 2.27.